The summed E-state index contributed by atoms with van der Waals surface area (Å²) in [6.45, 7) is 0. The molecule has 0 saturated heterocycles. The first kappa shape index (κ1) is 14.8. The number of aromatic nitrogens is 1. The van der Waals surface area contributed by atoms with Crippen LogP contribution in [-0.2, 0) is 0 Å². The van der Waals surface area contributed by atoms with E-state index in [-0.39, 0.29) is 15.7 Å². The van der Waals surface area contributed by atoms with E-state index in [0.717, 1.165) is 11.3 Å². The molecule has 0 aromatic carbocycles. The molecular formula is C11H7BrClN3O3S. The molecule has 0 aliphatic heterocycles. The van der Waals surface area contributed by atoms with Gasteiger partial charge in [-0.15, -0.1) is 11.3 Å². The Morgan fingerprint density at radius 2 is 2.15 bits per heavy atom. The summed E-state index contributed by atoms with van der Waals surface area (Å²) >= 11 is 10.0. The van der Waals surface area contributed by atoms with Crippen LogP contribution in [0.5, 0.6) is 0 Å². The minimum atomic E-state index is -1.10. The van der Waals surface area contributed by atoms with E-state index in [1.807, 2.05) is 0 Å². The van der Waals surface area contributed by atoms with Gasteiger partial charge in [-0.1, -0.05) is 11.6 Å². The summed E-state index contributed by atoms with van der Waals surface area (Å²) in [5, 5.41) is 16.0. The number of rotatable bonds is 3. The maximum Gasteiger partial charge on any atom is 0.338 e. The molecule has 2 rings (SSSR count). The molecule has 2 heterocycles. The highest BCUT2D eigenvalue weighted by molar-refractivity contribution is 9.10. The van der Waals surface area contributed by atoms with Gasteiger partial charge in [-0.05, 0) is 33.4 Å². The molecule has 2 amide bonds. The number of hydrogen-bond acceptors (Lipinski definition) is 4. The third-order valence-corrected chi connectivity index (χ3v) is 4.14. The van der Waals surface area contributed by atoms with Crippen molar-refractivity contribution in [3.8, 4) is 0 Å². The molecule has 0 fully saturated rings. The molecular weight excluding hydrogens is 370 g/mol. The second kappa shape index (κ2) is 6.21. The molecule has 0 unspecified atom stereocenters. The summed E-state index contributed by atoms with van der Waals surface area (Å²) in [7, 11) is 0. The van der Waals surface area contributed by atoms with E-state index in [4.69, 9.17) is 16.7 Å². The summed E-state index contributed by atoms with van der Waals surface area (Å²) in [6.07, 6.45) is 1.39. The summed E-state index contributed by atoms with van der Waals surface area (Å²) in [6, 6.07) is 2.44. The van der Waals surface area contributed by atoms with Gasteiger partial charge in [-0.2, -0.15) is 0 Å². The number of nitrogens with one attached hydrogen (secondary N) is 2. The smallest absolute Gasteiger partial charge is 0.338 e. The number of amides is 2. The van der Waals surface area contributed by atoms with Crippen molar-refractivity contribution in [1.29, 1.82) is 0 Å². The minimum absolute atomic E-state index is 0.0422. The Kier molecular flexibility index (Phi) is 4.58. The number of hydrogen-bond donors (Lipinski definition) is 3. The van der Waals surface area contributed by atoms with Gasteiger partial charge in [0.1, 0.15) is 10.2 Å². The molecule has 0 atom stereocenters. The molecule has 9 heteroatoms. The van der Waals surface area contributed by atoms with Crippen LogP contribution in [0.4, 0.5) is 15.5 Å². The zero-order valence-corrected chi connectivity index (χ0v) is 12.8. The Bertz CT molecular complexity index is 677. The average Bonchev–Trinajstić information content (AvgIpc) is 2.82. The molecule has 0 aliphatic carbocycles. The lowest BCUT2D eigenvalue weighted by Crippen LogP contribution is -2.20. The van der Waals surface area contributed by atoms with Crippen LogP contribution in [-0.4, -0.2) is 22.1 Å². The molecule has 6 nitrogen and oxygen atoms in total. The number of aromatic carboxylic acids is 1. The summed E-state index contributed by atoms with van der Waals surface area (Å²) < 4.78 is 0.541. The van der Waals surface area contributed by atoms with E-state index >= 15 is 0 Å². The highest BCUT2D eigenvalue weighted by Crippen LogP contribution is 2.25. The van der Waals surface area contributed by atoms with Gasteiger partial charge in [0.15, 0.2) is 0 Å². The molecule has 0 radical (unpaired) electrons. The number of halogens is 2. The van der Waals surface area contributed by atoms with Gasteiger partial charge in [0.05, 0.1) is 21.9 Å². The number of carboxylic acids is 1. The first-order valence-electron chi connectivity index (χ1n) is 5.17. The van der Waals surface area contributed by atoms with Crippen LogP contribution >= 0.6 is 38.9 Å². The first-order valence-corrected chi connectivity index (χ1v) is 7.22. The van der Waals surface area contributed by atoms with Crippen molar-refractivity contribution in [3.63, 3.8) is 0 Å². The van der Waals surface area contributed by atoms with Crippen molar-refractivity contribution in [2.75, 3.05) is 10.6 Å². The van der Waals surface area contributed by atoms with Crippen LogP contribution in [0.3, 0.4) is 0 Å². The van der Waals surface area contributed by atoms with Crippen LogP contribution in [0.2, 0.25) is 5.15 Å². The quantitative estimate of drug-likeness (QED) is 0.708. The van der Waals surface area contributed by atoms with Crippen LogP contribution in [0.1, 0.15) is 10.4 Å². The van der Waals surface area contributed by atoms with Gasteiger partial charge in [0.2, 0.25) is 0 Å². The van der Waals surface area contributed by atoms with Gasteiger partial charge in [0, 0.05) is 0 Å². The zero-order valence-electron chi connectivity index (χ0n) is 9.68. The maximum absolute atomic E-state index is 11.8. The number of nitrogens with zero attached hydrogens (tertiary/aromatic N) is 1. The van der Waals surface area contributed by atoms with Gasteiger partial charge < -0.3 is 10.4 Å². The molecule has 0 saturated carbocycles. The second-order valence-electron chi connectivity index (χ2n) is 3.54. The molecule has 2 aromatic heterocycles. The van der Waals surface area contributed by atoms with Crippen molar-refractivity contribution in [3.05, 3.63) is 38.9 Å². The van der Waals surface area contributed by atoms with Crippen molar-refractivity contribution in [2.24, 2.45) is 0 Å². The van der Waals surface area contributed by atoms with E-state index in [2.05, 4.69) is 31.5 Å². The predicted octanol–water partition coefficient (Wildman–Crippen LogP) is 3.90. The number of pyridine rings is 1. The lowest BCUT2D eigenvalue weighted by Gasteiger charge is -2.07. The Labute approximate surface area is 130 Å². The standard InChI is InChI=1S/C11H7BrClN3O3S/c12-7-3-5(4-14-8(7)13)15-11(19)16-9-6(10(17)18)1-2-20-9/h1-4H,(H,17,18)(H2,15,16,19). The second-order valence-corrected chi connectivity index (χ2v) is 5.67. The number of urea groups is 1. The average molecular weight is 377 g/mol. The van der Waals surface area contributed by atoms with E-state index in [1.165, 1.54) is 12.3 Å². The topological polar surface area (TPSA) is 91.3 Å². The van der Waals surface area contributed by atoms with E-state index in [0.29, 0.717) is 10.2 Å². The van der Waals surface area contributed by atoms with Crippen LogP contribution in [0.25, 0.3) is 0 Å². The van der Waals surface area contributed by atoms with E-state index in [9.17, 15) is 9.59 Å². The number of carboxylic acid groups (broad SMARTS) is 1. The summed E-state index contributed by atoms with van der Waals surface area (Å²) in [5.41, 5.74) is 0.466. The highest BCUT2D eigenvalue weighted by Gasteiger charge is 2.14. The largest absolute Gasteiger partial charge is 0.478 e. The SMILES string of the molecule is O=C(Nc1cnc(Cl)c(Br)c1)Nc1sccc1C(=O)O. The predicted molar refractivity (Wildman–Crippen MR) is 80.9 cm³/mol. The van der Waals surface area contributed by atoms with Crippen molar-refractivity contribution in [2.45, 2.75) is 0 Å². The fourth-order valence-electron chi connectivity index (χ4n) is 1.33. The Hall–Kier alpha value is -1.64. The van der Waals surface area contributed by atoms with E-state index < -0.39 is 12.0 Å². The fraction of sp³-hybridized carbons (Fsp3) is 0. The number of anilines is 2. The summed E-state index contributed by atoms with van der Waals surface area (Å²) in [4.78, 5) is 26.5. The number of carbonyl (C=O) groups is 2. The lowest BCUT2D eigenvalue weighted by molar-refractivity contribution is 0.0698. The Morgan fingerprint density at radius 1 is 1.40 bits per heavy atom. The number of carbonyl (C=O) groups excluding carboxylic acids is 1. The molecule has 0 spiro atoms. The van der Waals surface area contributed by atoms with Crippen LogP contribution in [0, 0.1) is 0 Å². The van der Waals surface area contributed by atoms with Crippen LogP contribution in [0.15, 0.2) is 28.2 Å². The van der Waals surface area contributed by atoms with Gasteiger partial charge >= 0.3 is 12.0 Å². The van der Waals surface area contributed by atoms with Crippen molar-refractivity contribution >= 4 is 61.6 Å². The number of thiophene rings is 1. The zero-order chi connectivity index (χ0) is 14.7. The molecule has 2 aromatic rings. The minimum Gasteiger partial charge on any atom is -0.478 e. The maximum atomic E-state index is 11.8. The molecule has 3 N–H and O–H groups in total. The molecule has 0 aliphatic rings. The Balaban J connectivity index is 2.07. The normalized spacial score (nSPS) is 10.1. The lowest BCUT2D eigenvalue weighted by atomic mass is 10.3. The van der Waals surface area contributed by atoms with Crippen LogP contribution < -0.4 is 10.6 Å². The monoisotopic (exact) mass is 375 g/mol. The Morgan fingerprint density at radius 3 is 2.80 bits per heavy atom. The molecule has 104 valence electrons. The highest BCUT2D eigenvalue weighted by atomic mass is 79.9. The van der Waals surface area contributed by atoms with Gasteiger partial charge in [-0.25, -0.2) is 14.6 Å². The fourth-order valence-corrected chi connectivity index (χ4v) is 2.56. The van der Waals surface area contributed by atoms with E-state index in [1.54, 1.807) is 11.4 Å². The molecule has 0 bridgehead atoms. The first-order chi connectivity index (χ1) is 9.47. The van der Waals surface area contributed by atoms with Crippen molar-refractivity contribution < 1.29 is 14.7 Å². The van der Waals surface area contributed by atoms with Gasteiger partial charge in [0.25, 0.3) is 0 Å². The summed E-state index contributed by atoms with van der Waals surface area (Å²) in [5.74, 6) is -1.10. The molecule has 20 heavy (non-hydrogen) atoms. The van der Waals surface area contributed by atoms with Crippen molar-refractivity contribution in [1.82, 2.24) is 4.98 Å². The van der Waals surface area contributed by atoms with Gasteiger partial charge in [-0.3, -0.25) is 5.32 Å². The third-order valence-electron chi connectivity index (χ3n) is 2.18. The third kappa shape index (κ3) is 3.47.